The molecule has 4 heteroatoms. The Bertz CT molecular complexity index is 1360. The lowest BCUT2D eigenvalue weighted by Gasteiger charge is -2.63. The molecular formula is C41H60O4. The molecule has 1 aromatic rings. The maximum absolute atomic E-state index is 13.0. The maximum atomic E-state index is 13.0. The molecule has 0 aromatic heterocycles. The van der Waals surface area contributed by atoms with Crippen LogP contribution in [0.4, 0.5) is 0 Å². The lowest BCUT2D eigenvalue weighted by Crippen LogP contribution is -2.58. The quantitative estimate of drug-likeness (QED) is 0.125. The Morgan fingerprint density at radius 1 is 0.956 bits per heavy atom. The summed E-state index contributed by atoms with van der Waals surface area (Å²) < 4.78 is 6.19. The van der Waals surface area contributed by atoms with Crippen LogP contribution in [0.15, 0.2) is 36.4 Å². The van der Waals surface area contributed by atoms with Gasteiger partial charge in [0.1, 0.15) is 6.10 Å². The average Bonchev–Trinajstić information content (AvgIpc) is 3.57. The van der Waals surface area contributed by atoms with Gasteiger partial charge in [-0.05, 0) is 159 Å². The minimum atomic E-state index is -0.323. The lowest BCUT2D eigenvalue weighted by atomic mass is 9.41. The van der Waals surface area contributed by atoms with Crippen molar-refractivity contribution in [2.45, 2.75) is 132 Å². The Hall–Kier alpha value is -2.23. The Balaban J connectivity index is 1.15. The van der Waals surface area contributed by atoms with Crippen LogP contribution in [-0.2, 0) is 9.53 Å². The SMILES string of the molecule is C=C(C)[C@H](CC)CC[C@@H](C)[C@H]1CC[C@@]2(C)[C@@H]3CC[C@H]4C(C)(C)[C@@H](OC(=O)C=Cc5ccc(O)c(O)c5)CC[C@@]45C[C@@]35CC[C@]12C. The van der Waals surface area contributed by atoms with Crippen LogP contribution in [0.1, 0.15) is 131 Å². The highest BCUT2D eigenvalue weighted by Gasteiger charge is 2.82. The van der Waals surface area contributed by atoms with E-state index in [1.807, 2.05) is 0 Å². The van der Waals surface area contributed by atoms with Gasteiger partial charge in [-0.1, -0.05) is 59.8 Å². The molecule has 0 unspecified atom stereocenters. The maximum Gasteiger partial charge on any atom is 0.331 e. The number of allylic oxidation sites excluding steroid dienone is 1. The molecule has 6 rings (SSSR count). The third-order valence-electron chi connectivity index (χ3n) is 15.6. The predicted octanol–water partition coefficient (Wildman–Crippen LogP) is 10.5. The van der Waals surface area contributed by atoms with Crippen LogP contribution in [-0.4, -0.2) is 22.3 Å². The van der Waals surface area contributed by atoms with Crippen LogP contribution >= 0.6 is 0 Å². The number of hydrogen-bond acceptors (Lipinski definition) is 4. The van der Waals surface area contributed by atoms with Crippen molar-refractivity contribution in [3.63, 3.8) is 0 Å². The van der Waals surface area contributed by atoms with Crippen molar-refractivity contribution in [1.82, 2.24) is 0 Å². The molecule has 4 nitrogen and oxygen atoms in total. The molecule has 5 aliphatic carbocycles. The smallest absolute Gasteiger partial charge is 0.331 e. The Labute approximate surface area is 273 Å². The van der Waals surface area contributed by atoms with Gasteiger partial charge in [-0.25, -0.2) is 4.79 Å². The molecule has 10 atom stereocenters. The number of rotatable bonds is 9. The summed E-state index contributed by atoms with van der Waals surface area (Å²) in [6.45, 7) is 21.6. The number of fused-ring (bicyclic) bond motifs is 2. The van der Waals surface area contributed by atoms with Gasteiger partial charge in [-0.15, -0.1) is 0 Å². The number of esters is 1. The molecule has 0 radical (unpaired) electrons. The largest absolute Gasteiger partial charge is 0.504 e. The van der Waals surface area contributed by atoms with E-state index in [0.29, 0.717) is 39.1 Å². The summed E-state index contributed by atoms with van der Waals surface area (Å²) in [5.41, 5.74) is 3.74. The third-order valence-corrected chi connectivity index (χ3v) is 15.6. The lowest BCUT2D eigenvalue weighted by molar-refractivity contribution is -0.179. The second-order valence-corrected chi connectivity index (χ2v) is 17.5. The highest BCUT2D eigenvalue weighted by Crippen LogP contribution is 2.89. The van der Waals surface area contributed by atoms with Crippen molar-refractivity contribution in [2.75, 3.05) is 0 Å². The van der Waals surface area contributed by atoms with Crippen molar-refractivity contribution in [2.24, 2.45) is 56.7 Å². The van der Waals surface area contributed by atoms with Gasteiger partial charge in [-0.3, -0.25) is 0 Å². The van der Waals surface area contributed by atoms with Gasteiger partial charge in [0.15, 0.2) is 11.5 Å². The third kappa shape index (κ3) is 4.85. The van der Waals surface area contributed by atoms with Crippen LogP contribution in [0.25, 0.3) is 6.08 Å². The molecule has 0 heterocycles. The van der Waals surface area contributed by atoms with E-state index >= 15 is 0 Å². The number of aromatic hydroxyl groups is 2. The molecule has 5 saturated carbocycles. The zero-order chi connectivity index (χ0) is 32.6. The Morgan fingerprint density at radius 2 is 1.67 bits per heavy atom. The summed E-state index contributed by atoms with van der Waals surface area (Å²) >= 11 is 0. The normalized spacial score (nSPS) is 40.9. The Kier molecular flexibility index (Phi) is 8.13. The summed E-state index contributed by atoms with van der Waals surface area (Å²) in [4.78, 5) is 13.0. The molecule has 0 aliphatic heterocycles. The highest BCUT2D eigenvalue weighted by atomic mass is 16.5. The molecule has 1 aromatic carbocycles. The van der Waals surface area contributed by atoms with E-state index in [2.05, 4.69) is 55.0 Å². The second kappa shape index (κ2) is 11.2. The van der Waals surface area contributed by atoms with Gasteiger partial charge < -0.3 is 14.9 Å². The highest BCUT2D eigenvalue weighted by molar-refractivity contribution is 5.87. The molecular weight excluding hydrogens is 556 g/mol. The molecule has 0 saturated heterocycles. The van der Waals surface area contributed by atoms with Crippen LogP contribution in [0.2, 0.25) is 0 Å². The molecule has 2 N–H and O–H groups in total. The first kappa shape index (κ1) is 32.7. The van der Waals surface area contributed by atoms with Crippen molar-refractivity contribution < 1.29 is 19.7 Å². The van der Waals surface area contributed by atoms with Crippen molar-refractivity contribution in [3.05, 3.63) is 42.0 Å². The van der Waals surface area contributed by atoms with E-state index in [9.17, 15) is 15.0 Å². The monoisotopic (exact) mass is 616 g/mol. The minimum absolute atomic E-state index is 0.0551. The minimum Gasteiger partial charge on any atom is -0.504 e. The first-order valence-electron chi connectivity index (χ1n) is 18.2. The van der Waals surface area contributed by atoms with E-state index < -0.39 is 0 Å². The van der Waals surface area contributed by atoms with Gasteiger partial charge in [-0.2, -0.15) is 0 Å². The number of carbonyl (C=O) groups is 1. The summed E-state index contributed by atoms with van der Waals surface area (Å²) in [6.07, 6.45) is 18.6. The van der Waals surface area contributed by atoms with Gasteiger partial charge in [0.2, 0.25) is 0 Å². The second-order valence-electron chi connectivity index (χ2n) is 17.5. The van der Waals surface area contributed by atoms with Crippen LogP contribution in [0.3, 0.4) is 0 Å². The fourth-order valence-corrected chi connectivity index (χ4v) is 13.0. The van der Waals surface area contributed by atoms with E-state index in [4.69, 9.17) is 4.74 Å². The fraction of sp³-hybridized carbons (Fsp3) is 0.732. The topological polar surface area (TPSA) is 66.8 Å². The first-order chi connectivity index (χ1) is 21.1. The zero-order valence-corrected chi connectivity index (χ0v) is 29.3. The molecule has 45 heavy (non-hydrogen) atoms. The van der Waals surface area contributed by atoms with Crippen LogP contribution in [0.5, 0.6) is 11.5 Å². The van der Waals surface area contributed by atoms with E-state index in [-0.39, 0.29) is 29.0 Å². The molecule has 0 bridgehead atoms. The van der Waals surface area contributed by atoms with Gasteiger partial charge in [0.05, 0.1) is 0 Å². The van der Waals surface area contributed by atoms with Gasteiger partial charge >= 0.3 is 5.97 Å². The molecule has 5 aliphatic rings. The summed E-state index contributed by atoms with van der Waals surface area (Å²) in [6, 6.07) is 4.55. The molecule has 5 fully saturated rings. The van der Waals surface area contributed by atoms with Crippen LogP contribution in [0, 0.1) is 56.7 Å². The summed E-state index contributed by atoms with van der Waals surface area (Å²) in [5.74, 6) is 3.03. The molecule has 2 spiro atoms. The van der Waals surface area contributed by atoms with Crippen molar-refractivity contribution >= 4 is 12.0 Å². The number of benzene rings is 1. The number of ether oxygens (including phenoxy) is 1. The van der Waals surface area contributed by atoms with E-state index in [1.54, 1.807) is 12.1 Å². The van der Waals surface area contributed by atoms with Crippen molar-refractivity contribution in [3.8, 4) is 11.5 Å². The number of carbonyl (C=O) groups excluding carboxylic acids is 1. The van der Waals surface area contributed by atoms with E-state index in [1.165, 1.54) is 94.4 Å². The van der Waals surface area contributed by atoms with Gasteiger partial charge in [0, 0.05) is 11.5 Å². The average molecular weight is 617 g/mol. The van der Waals surface area contributed by atoms with Crippen molar-refractivity contribution in [1.29, 1.82) is 0 Å². The summed E-state index contributed by atoms with van der Waals surface area (Å²) in [7, 11) is 0. The zero-order valence-electron chi connectivity index (χ0n) is 29.3. The summed E-state index contributed by atoms with van der Waals surface area (Å²) in [5, 5.41) is 19.4. The Morgan fingerprint density at radius 3 is 2.36 bits per heavy atom. The predicted molar refractivity (Wildman–Crippen MR) is 183 cm³/mol. The number of phenolic OH excluding ortho intramolecular Hbond substituents is 2. The molecule has 0 amide bonds. The number of phenols is 2. The van der Waals surface area contributed by atoms with Crippen LogP contribution < -0.4 is 0 Å². The van der Waals surface area contributed by atoms with Gasteiger partial charge in [0.25, 0.3) is 0 Å². The first-order valence-corrected chi connectivity index (χ1v) is 18.2. The standard InChI is InChI=1S/C41H60O4/c1-9-29(26(2)3)13-10-27(4)30-18-20-39(8)34-16-15-33-37(5,6)35(19-21-40(33)25-41(34,40)23-22-38(30,39)7)45-36(44)17-12-28-11-14-31(42)32(43)24-28/h11-12,14,17,24,27,29-30,33-35,42-43H,2,9-10,13,15-16,18-23,25H2,1,3-8H3/t27-,29-,30-,33+,34+,35+,38-,39+,40-,41+/m1/s1. The molecule has 248 valence electrons. The fourth-order valence-electron chi connectivity index (χ4n) is 13.0. The van der Waals surface area contributed by atoms with E-state index in [0.717, 1.165) is 24.2 Å². The number of hydrogen-bond donors (Lipinski definition) is 2.